The second-order valence-corrected chi connectivity index (χ2v) is 21.2. The maximum Gasteiger partial charge on any atom is 0.410 e. The van der Waals surface area contributed by atoms with Crippen molar-refractivity contribution in [2.45, 2.75) is 198 Å². The Bertz CT molecular complexity index is 2070. The summed E-state index contributed by atoms with van der Waals surface area (Å²) in [6, 6.07) is 0.332. The summed E-state index contributed by atoms with van der Waals surface area (Å²) in [7, 11) is 1.30. The molecular weight excluding hydrogens is 953 g/mol. The molecule has 406 valence electrons. The van der Waals surface area contributed by atoms with Crippen molar-refractivity contribution in [3.8, 4) is 0 Å². The highest BCUT2D eigenvalue weighted by molar-refractivity contribution is 5.81. The zero-order valence-electron chi connectivity index (χ0n) is 43.0. The molecule has 2 fully saturated rings. The van der Waals surface area contributed by atoms with Gasteiger partial charge in [-0.25, -0.2) is 19.2 Å². The lowest BCUT2D eigenvalue weighted by Gasteiger charge is -2.50. The Labute approximate surface area is 418 Å². The van der Waals surface area contributed by atoms with Crippen molar-refractivity contribution in [1.82, 2.24) is 26.2 Å². The lowest BCUT2D eigenvalue weighted by molar-refractivity contribution is -0.384. The van der Waals surface area contributed by atoms with Gasteiger partial charge in [-0.2, -0.15) is 0 Å². The molecule has 1 aromatic carbocycles. The van der Waals surface area contributed by atoms with E-state index in [1.165, 1.54) is 38.2 Å². The zero-order chi connectivity index (χ0) is 54.1. The van der Waals surface area contributed by atoms with E-state index in [9.17, 15) is 54.5 Å². The van der Waals surface area contributed by atoms with Crippen LogP contribution in [0.2, 0.25) is 0 Å². The quantitative estimate of drug-likeness (QED) is 0.0670. The van der Waals surface area contributed by atoms with Crippen molar-refractivity contribution in [2.75, 3.05) is 20.2 Å². The zero-order valence-corrected chi connectivity index (χ0v) is 43.0. The number of aliphatic hydroxyl groups excluding tert-OH is 3. The van der Waals surface area contributed by atoms with Crippen molar-refractivity contribution in [1.29, 1.82) is 0 Å². The molecule has 2 heterocycles. The van der Waals surface area contributed by atoms with E-state index in [0.717, 1.165) is 4.90 Å². The SMILES string of the molecule is CCCC(O)C(=O)NC1CC(NC(=O)OC(C)(C)C)C(OC2OC(CNC(=O)OCc3ccc([N+](=O)[O-])cc3)=CCC2NC(=O)OC(C)(C)C)C(O)C1OC1OCC(C)(O)C(N(C)C(=O)OC(C)(C)C)C1O. The van der Waals surface area contributed by atoms with Crippen LogP contribution in [-0.2, 0) is 49.3 Å². The normalized spacial score (nSPS) is 28.1. The van der Waals surface area contributed by atoms with Crippen molar-refractivity contribution in [2.24, 2.45) is 0 Å². The van der Waals surface area contributed by atoms with E-state index >= 15 is 0 Å². The smallest absolute Gasteiger partial charge is 0.410 e. The highest BCUT2D eigenvalue weighted by Crippen LogP contribution is 2.35. The summed E-state index contributed by atoms with van der Waals surface area (Å²) in [5.41, 5.74) is -4.45. The Morgan fingerprint density at radius 1 is 0.833 bits per heavy atom. The summed E-state index contributed by atoms with van der Waals surface area (Å²) in [4.78, 5) is 77.8. The number of hydrogen-bond acceptors (Lipinski definition) is 19. The topological polar surface area (TPSA) is 335 Å². The number of carbonyl (C=O) groups excluding carboxylic acids is 5. The number of nitrogens with zero attached hydrogens (tertiary/aromatic N) is 2. The van der Waals surface area contributed by atoms with Crippen LogP contribution in [0.15, 0.2) is 36.1 Å². The molecule has 8 N–H and O–H groups in total. The Hall–Kier alpha value is -5.57. The van der Waals surface area contributed by atoms with Crippen LogP contribution in [0.1, 0.15) is 107 Å². The standard InChI is InChI=1S/C47H74N6O19/c1-13-14-31(54)37(57)49-29-21-30(51-42(60)71-45(5,6)7)35(32(55)34(29)69-39-33(56)36(47(11,62)24-66-39)52(12)43(61)72-46(8,9)10)68-38-28(50-41(59)70-44(2,3)4)20-19-27(67-38)22-48-40(58)65-23-25-15-17-26(18-16-25)53(63)64/h15-19,28-36,38-39,54-56,62H,13-14,20-24H2,1-12H3,(H,48,58)(H,49,57)(H,50,59)(H,51,60). The molecular formula is C47H74N6O19. The van der Waals surface area contributed by atoms with Crippen LogP contribution < -0.4 is 21.3 Å². The van der Waals surface area contributed by atoms with Gasteiger partial charge in [0.25, 0.3) is 5.69 Å². The monoisotopic (exact) mass is 1030 g/mol. The van der Waals surface area contributed by atoms with Gasteiger partial charge in [-0.1, -0.05) is 13.3 Å². The highest BCUT2D eigenvalue weighted by atomic mass is 16.7. The van der Waals surface area contributed by atoms with Crippen LogP contribution in [0.3, 0.4) is 0 Å². The van der Waals surface area contributed by atoms with Crippen molar-refractivity contribution in [3.05, 3.63) is 51.8 Å². The fourth-order valence-corrected chi connectivity index (χ4v) is 8.00. The molecule has 0 aromatic heterocycles. The summed E-state index contributed by atoms with van der Waals surface area (Å²) in [5, 5.41) is 68.3. The van der Waals surface area contributed by atoms with Crippen molar-refractivity contribution < 1.29 is 87.2 Å². The van der Waals surface area contributed by atoms with Gasteiger partial charge in [0, 0.05) is 19.2 Å². The molecule has 25 nitrogen and oxygen atoms in total. The number of nitro benzene ring substituents is 1. The second-order valence-electron chi connectivity index (χ2n) is 21.2. The van der Waals surface area contributed by atoms with Crippen LogP contribution in [0, 0.1) is 10.1 Å². The highest BCUT2D eigenvalue weighted by Gasteiger charge is 2.55. The number of non-ortho nitro benzene ring substituents is 1. The fourth-order valence-electron chi connectivity index (χ4n) is 8.00. The number of alkyl carbamates (subject to hydrolysis) is 3. The molecule has 12 unspecified atom stereocenters. The van der Waals surface area contributed by atoms with Gasteiger partial charge in [0.2, 0.25) is 12.2 Å². The summed E-state index contributed by atoms with van der Waals surface area (Å²) >= 11 is 0. The number of likely N-dealkylation sites (N-methyl/N-ethyl adjacent to an activating group) is 1. The Morgan fingerprint density at radius 2 is 1.38 bits per heavy atom. The average molecular weight is 1030 g/mol. The first-order valence-corrected chi connectivity index (χ1v) is 23.7. The number of benzene rings is 1. The minimum absolute atomic E-state index is 0.00570. The summed E-state index contributed by atoms with van der Waals surface area (Å²) in [5.74, 6) is -0.760. The van der Waals surface area contributed by atoms with Gasteiger partial charge in [0.05, 0.1) is 42.2 Å². The van der Waals surface area contributed by atoms with Gasteiger partial charge in [-0.05, 0) is 112 Å². The van der Waals surface area contributed by atoms with Gasteiger partial charge in [0.15, 0.2) is 6.29 Å². The fraction of sp³-hybridized carbons (Fsp3) is 0.723. The van der Waals surface area contributed by atoms with Crippen LogP contribution in [0.25, 0.3) is 0 Å². The molecule has 25 heteroatoms. The number of rotatable bonds is 16. The third kappa shape index (κ3) is 17.6. The van der Waals surface area contributed by atoms with Gasteiger partial charge < -0.3 is 84.5 Å². The number of carbonyl (C=O) groups is 5. The van der Waals surface area contributed by atoms with E-state index in [4.69, 9.17) is 37.9 Å². The van der Waals surface area contributed by atoms with Gasteiger partial charge >= 0.3 is 24.4 Å². The predicted molar refractivity (Wildman–Crippen MR) is 253 cm³/mol. The van der Waals surface area contributed by atoms with Crippen molar-refractivity contribution in [3.63, 3.8) is 0 Å². The van der Waals surface area contributed by atoms with Crippen LogP contribution in [0.4, 0.5) is 24.9 Å². The minimum atomic E-state index is -1.92. The summed E-state index contributed by atoms with van der Waals surface area (Å²) in [6.07, 6.45) is -13.6. The molecule has 0 radical (unpaired) electrons. The van der Waals surface area contributed by atoms with Crippen LogP contribution >= 0.6 is 0 Å². The number of nitro groups is 1. The molecule has 1 saturated heterocycles. The first-order valence-electron chi connectivity index (χ1n) is 23.7. The van der Waals surface area contributed by atoms with Crippen LogP contribution in [-0.4, -0.2) is 170 Å². The molecule has 1 aromatic rings. The van der Waals surface area contributed by atoms with E-state index in [-0.39, 0.29) is 43.9 Å². The maximum absolute atomic E-state index is 13.5. The van der Waals surface area contributed by atoms with Crippen molar-refractivity contribution >= 4 is 36.0 Å². The van der Waals surface area contributed by atoms with Crippen LogP contribution in [0.5, 0.6) is 0 Å². The first kappa shape index (κ1) is 59.0. The third-order valence-electron chi connectivity index (χ3n) is 11.2. The lowest BCUT2D eigenvalue weighted by atomic mass is 9.82. The molecule has 72 heavy (non-hydrogen) atoms. The van der Waals surface area contributed by atoms with Gasteiger partial charge in [-0.3, -0.25) is 14.9 Å². The molecule has 1 saturated carbocycles. The molecule has 4 rings (SSSR count). The molecule has 12 atom stereocenters. The minimum Gasteiger partial charge on any atom is -0.465 e. The number of amides is 5. The predicted octanol–water partition coefficient (Wildman–Crippen LogP) is 3.12. The summed E-state index contributed by atoms with van der Waals surface area (Å²) < 4.78 is 46.8. The van der Waals surface area contributed by atoms with E-state index in [2.05, 4.69) is 21.3 Å². The molecule has 5 amide bonds. The molecule has 2 aliphatic heterocycles. The van der Waals surface area contributed by atoms with E-state index in [1.807, 2.05) is 0 Å². The second kappa shape index (κ2) is 24.4. The van der Waals surface area contributed by atoms with E-state index in [0.29, 0.717) is 12.0 Å². The molecule has 1 aliphatic carbocycles. The van der Waals surface area contributed by atoms with E-state index in [1.54, 1.807) is 75.3 Å². The average Bonchev–Trinajstić information content (AvgIpc) is 3.24. The Balaban J connectivity index is 1.71. The lowest BCUT2D eigenvalue weighted by Crippen LogP contribution is -2.71. The number of hydrogen-bond donors (Lipinski definition) is 8. The molecule has 3 aliphatic rings. The first-order chi connectivity index (χ1) is 33.3. The number of nitrogens with one attached hydrogen (secondary N) is 4. The number of aliphatic hydroxyl groups is 4. The Kier molecular flexibility index (Phi) is 20.0. The maximum atomic E-state index is 13.5. The molecule has 0 spiro atoms. The number of ether oxygens (including phenoxy) is 8. The van der Waals surface area contributed by atoms with Gasteiger partial charge in [0.1, 0.15) is 65.3 Å². The largest absolute Gasteiger partial charge is 0.465 e. The van der Waals surface area contributed by atoms with E-state index < -0.39 is 131 Å². The third-order valence-corrected chi connectivity index (χ3v) is 11.2. The molecule has 0 bridgehead atoms. The summed E-state index contributed by atoms with van der Waals surface area (Å²) in [6.45, 7) is 16.8. The van der Waals surface area contributed by atoms with Gasteiger partial charge in [-0.15, -0.1) is 0 Å². The Morgan fingerprint density at radius 3 is 1.92 bits per heavy atom.